The van der Waals surface area contributed by atoms with Crippen LogP contribution in [0.15, 0.2) is 178 Å². The van der Waals surface area contributed by atoms with Crippen LogP contribution in [0.4, 0.5) is 0 Å². The van der Waals surface area contributed by atoms with Gasteiger partial charge in [-0.25, -0.2) is 25.3 Å². The Morgan fingerprint density at radius 1 is 0.357 bits per heavy atom. The summed E-state index contributed by atoms with van der Waals surface area (Å²) >= 11 is 0. The van der Waals surface area contributed by atoms with Crippen molar-refractivity contribution < 1.29 is 39.5 Å². The first kappa shape index (κ1) is 40.2. The second-order valence-electron chi connectivity index (χ2n) is 13.8. The molecule has 0 saturated carbocycles. The molecule has 0 aromatic heterocycles. The third-order valence-electron chi connectivity index (χ3n) is 8.91. The molecule has 12 heteroatoms. The molecule has 9 nitrogen and oxygen atoms in total. The summed E-state index contributed by atoms with van der Waals surface area (Å²) in [6.45, 7) is 2.22. The minimum atomic E-state index is -4.22. The van der Waals surface area contributed by atoms with E-state index in [1.54, 1.807) is 0 Å². The lowest BCUT2D eigenvalue weighted by atomic mass is 9.99. The summed E-state index contributed by atoms with van der Waals surface area (Å²) in [5, 5.41) is 0. The standard InChI is InChI=1S/C44H42O9S3/c1-44(32-54(45,46)41-23-17-38(18-24-41)51-29-35-11-5-2-6-12-35,33-55(47,48)42-25-19-39(20-26-42)52-30-36-13-7-3-8-14-36)34-56(49,50)43-27-21-40(22-28-43)53-31-37-15-9-4-10-16-37/h2-28H,29-34H2,1H3. The number of hydrogen-bond donors (Lipinski definition) is 0. The fraction of sp³-hybridized carbons (Fsp3) is 0.182. The number of ether oxygens (including phenoxy) is 3. The maximum atomic E-state index is 14.0. The molecule has 0 aliphatic heterocycles. The second-order valence-corrected chi connectivity index (χ2v) is 19.8. The fourth-order valence-corrected chi connectivity index (χ4v) is 12.1. The van der Waals surface area contributed by atoms with Crippen LogP contribution in [0.2, 0.25) is 0 Å². The topological polar surface area (TPSA) is 130 Å². The lowest BCUT2D eigenvalue weighted by Gasteiger charge is -2.29. The van der Waals surface area contributed by atoms with Gasteiger partial charge in [0, 0.05) is 5.41 Å². The molecule has 6 rings (SSSR count). The Labute approximate surface area is 329 Å². The quantitative estimate of drug-likeness (QED) is 0.0845. The van der Waals surface area contributed by atoms with Crippen molar-refractivity contribution in [2.75, 3.05) is 17.3 Å². The number of sulfone groups is 3. The van der Waals surface area contributed by atoms with Gasteiger partial charge in [-0.15, -0.1) is 0 Å². The largest absolute Gasteiger partial charge is 0.489 e. The van der Waals surface area contributed by atoms with Gasteiger partial charge < -0.3 is 14.2 Å². The summed E-state index contributed by atoms with van der Waals surface area (Å²) in [6, 6.07) is 45.8. The van der Waals surface area contributed by atoms with Crippen LogP contribution < -0.4 is 14.2 Å². The van der Waals surface area contributed by atoms with Crippen LogP contribution in [0.5, 0.6) is 17.2 Å². The van der Waals surface area contributed by atoms with Gasteiger partial charge in [0.25, 0.3) is 0 Å². The van der Waals surface area contributed by atoms with Crippen molar-refractivity contribution in [2.24, 2.45) is 5.41 Å². The van der Waals surface area contributed by atoms with E-state index >= 15 is 0 Å². The fourth-order valence-electron chi connectivity index (χ4n) is 6.20. The highest BCUT2D eigenvalue weighted by molar-refractivity contribution is 7.93. The van der Waals surface area contributed by atoms with Crippen LogP contribution in [0.3, 0.4) is 0 Å². The molecule has 0 aliphatic carbocycles. The van der Waals surface area contributed by atoms with E-state index in [2.05, 4.69) is 0 Å². The SMILES string of the molecule is CC(CS(=O)(=O)c1ccc(OCc2ccccc2)cc1)(CS(=O)(=O)c1ccc(OCc2ccccc2)cc1)CS(=O)(=O)c1ccc(OCc2ccccc2)cc1. The summed E-state index contributed by atoms with van der Waals surface area (Å²) in [4.78, 5) is -0.277. The summed E-state index contributed by atoms with van der Waals surface area (Å²) in [5.74, 6) is -0.980. The van der Waals surface area contributed by atoms with Crippen LogP contribution in [-0.4, -0.2) is 42.5 Å². The minimum Gasteiger partial charge on any atom is -0.489 e. The molecule has 0 bridgehead atoms. The number of hydrogen-bond acceptors (Lipinski definition) is 9. The molecule has 0 saturated heterocycles. The Kier molecular flexibility index (Phi) is 12.6. The molecule has 56 heavy (non-hydrogen) atoms. The highest BCUT2D eigenvalue weighted by Crippen LogP contribution is 2.33. The molecule has 6 aromatic carbocycles. The first-order valence-corrected chi connectivity index (χ1v) is 22.7. The van der Waals surface area contributed by atoms with Gasteiger partial charge in [-0.1, -0.05) is 97.9 Å². The molecule has 0 heterocycles. The van der Waals surface area contributed by atoms with Crippen LogP contribution in [0, 0.1) is 5.41 Å². The van der Waals surface area contributed by atoms with Crippen LogP contribution in [0.1, 0.15) is 23.6 Å². The number of benzene rings is 6. The molecular formula is C44H42O9S3. The van der Waals surface area contributed by atoms with Gasteiger partial charge in [0.1, 0.15) is 37.1 Å². The molecule has 0 atom stereocenters. The highest BCUT2D eigenvalue weighted by atomic mass is 32.2. The average Bonchev–Trinajstić information content (AvgIpc) is 3.19. The van der Waals surface area contributed by atoms with Gasteiger partial charge in [0.2, 0.25) is 0 Å². The zero-order valence-electron chi connectivity index (χ0n) is 30.7. The van der Waals surface area contributed by atoms with E-state index in [1.165, 1.54) is 79.7 Å². The van der Waals surface area contributed by atoms with Gasteiger partial charge >= 0.3 is 0 Å². The summed E-state index contributed by atoms with van der Waals surface area (Å²) in [6.07, 6.45) is 0. The first-order valence-electron chi connectivity index (χ1n) is 17.8. The molecule has 0 amide bonds. The zero-order chi connectivity index (χ0) is 39.7. The van der Waals surface area contributed by atoms with Crippen molar-refractivity contribution in [2.45, 2.75) is 41.4 Å². The van der Waals surface area contributed by atoms with E-state index in [-0.39, 0.29) is 34.5 Å². The van der Waals surface area contributed by atoms with Crippen LogP contribution in [-0.2, 0) is 49.3 Å². The highest BCUT2D eigenvalue weighted by Gasteiger charge is 2.41. The van der Waals surface area contributed by atoms with E-state index in [1.807, 2.05) is 91.0 Å². The normalized spacial score (nSPS) is 12.2. The Hall–Kier alpha value is -5.43. The van der Waals surface area contributed by atoms with E-state index in [4.69, 9.17) is 14.2 Å². The third kappa shape index (κ3) is 11.1. The van der Waals surface area contributed by atoms with Crippen molar-refractivity contribution in [1.29, 1.82) is 0 Å². The summed E-state index contributed by atoms with van der Waals surface area (Å²) in [7, 11) is -12.6. The van der Waals surface area contributed by atoms with Gasteiger partial charge in [-0.05, 0) is 89.5 Å². The number of rotatable bonds is 18. The summed E-state index contributed by atoms with van der Waals surface area (Å²) in [5.41, 5.74) is 1.02. The molecule has 6 aromatic rings. The predicted octanol–water partition coefficient (Wildman–Crippen LogP) is 8.15. The minimum absolute atomic E-state index is 0.0922. The Bertz CT molecular complexity index is 2220. The zero-order valence-corrected chi connectivity index (χ0v) is 33.2. The lowest BCUT2D eigenvalue weighted by molar-refractivity contribution is 0.306. The van der Waals surface area contributed by atoms with Gasteiger partial charge in [-0.3, -0.25) is 0 Å². The van der Waals surface area contributed by atoms with Crippen molar-refractivity contribution >= 4 is 29.5 Å². The van der Waals surface area contributed by atoms with E-state index < -0.39 is 52.2 Å². The van der Waals surface area contributed by atoms with Crippen molar-refractivity contribution in [3.05, 3.63) is 180 Å². The van der Waals surface area contributed by atoms with Crippen LogP contribution >= 0.6 is 0 Å². The van der Waals surface area contributed by atoms with Gasteiger partial charge in [0.05, 0.1) is 31.9 Å². The van der Waals surface area contributed by atoms with Crippen molar-refractivity contribution in [3.63, 3.8) is 0 Å². The molecule has 0 radical (unpaired) electrons. The third-order valence-corrected chi connectivity index (χ3v) is 15.1. The Balaban J connectivity index is 1.22. The van der Waals surface area contributed by atoms with Crippen molar-refractivity contribution in [1.82, 2.24) is 0 Å². The maximum absolute atomic E-state index is 14.0. The van der Waals surface area contributed by atoms with E-state index in [0.29, 0.717) is 17.2 Å². The van der Waals surface area contributed by atoms with Gasteiger partial charge in [-0.2, -0.15) is 0 Å². The molecule has 0 aliphatic rings. The molecule has 0 unspecified atom stereocenters. The Morgan fingerprint density at radius 3 is 0.821 bits per heavy atom. The van der Waals surface area contributed by atoms with Gasteiger partial charge in [0.15, 0.2) is 29.5 Å². The van der Waals surface area contributed by atoms with Crippen LogP contribution in [0.25, 0.3) is 0 Å². The predicted molar refractivity (Wildman–Crippen MR) is 216 cm³/mol. The molecule has 0 fully saturated rings. The Morgan fingerprint density at radius 2 is 0.589 bits per heavy atom. The average molecular weight is 811 g/mol. The van der Waals surface area contributed by atoms with Crippen molar-refractivity contribution in [3.8, 4) is 17.2 Å². The second kappa shape index (κ2) is 17.6. The maximum Gasteiger partial charge on any atom is 0.178 e. The molecule has 290 valence electrons. The van der Waals surface area contributed by atoms with E-state index in [0.717, 1.165) is 16.7 Å². The summed E-state index contributed by atoms with van der Waals surface area (Å²) < 4.78 is 101. The smallest absolute Gasteiger partial charge is 0.178 e. The molecule has 0 N–H and O–H groups in total. The monoisotopic (exact) mass is 810 g/mol. The lowest BCUT2D eigenvalue weighted by Crippen LogP contribution is -2.40. The molecule has 0 spiro atoms. The molecular weight excluding hydrogens is 769 g/mol. The first-order chi connectivity index (χ1) is 26.8. The van der Waals surface area contributed by atoms with E-state index in [9.17, 15) is 25.3 Å².